The lowest BCUT2D eigenvalue weighted by molar-refractivity contribution is 0.0909. The van der Waals surface area contributed by atoms with Crippen LogP contribution in [0.15, 0.2) is 110 Å². The van der Waals surface area contributed by atoms with Gasteiger partial charge in [0.15, 0.2) is 0 Å². The summed E-state index contributed by atoms with van der Waals surface area (Å²) >= 11 is 22.6. The maximum Gasteiger partial charge on any atom is 0.270 e. The fourth-order valence-electron chi connectivity index (χ4n) is 11.7. The van der Waals surface area contributed by atoms with Crippen LogP contribution in [0.2, 0.25) is 5.02 Å². The van der Waals surface area contributed by atoms with Crippen LogP contribution >= 0.6 is 48.3 Å². The number of anilines is 9. The van der Waals surface area contributed by atoms with Gasteiger partial charge in [-0.1, -0.05) is 72.0 Å². The van der Waals surface area contributed by atoms with Crippen molar-refractivity contribution in [2.75, 3.05) is 99.9 Å². The summed E-state index contributed by atoms with van der Waals surface area (Å²) in [5.41, 5.74) is 20.2. The highest BCUT2D eigenvalue weighted by Gasteiger charge is 2.25. The fourth-order valence-corrected chi connectivity index (χ4v) is 12.7. The van der Waals surface area contributed by atoms with Crippen LogP contribution < -0.4 is 42.5 Å². The molecule has 0 saturated carbocycles. The number of likely N-dealkylation sites (tertiary alicyclic amines) is 1. The van der Waals surface area contributed by atoms with Crippen molar-refractivity contribution in [1.29, 1.82) is 0 Å². The van der Waals surface area contributed by atoms with E-state index < -0.39 is 0 Å². The van der Waals surface area contributed by atoms with Gasteiger partial charge in [0.05, 0.1) is 66.2 Å². The van der Waals surface area contributed by atoms with Gasteiger partial charge in [0.2, 0.25) is 17.8 Å². The number of hydrogen-bond donors (Lipinski definition) is 8. The van der Waals surface area contributed by atoms with Crippen LogP contribution in [0.3, 0.4) is 0 Å². The molecule has 1 saturated heterocycles. The fraction of sp³-hybridized carbons (Fsp3) is 0.315. The van der Waals surface area contributed by atoms with Crippen molar-refractivity contribution in [3.8, 4) is 33.8 Å². The van der Waals surface area contributed by atoms with Crippen LogP contribution in [0.5, 0.6) is 0 Å². The number of carbonyl (C=O) groups excluding carboxylic acids is 2. The van der Waals surface area contributed by atoms with E-state index in [4.69, 9.17) is 63.2 Å². The first kappa shape index (κ1) is 70.8. The molecule has 4 aliphatic heterocycles. The van der Waals surface area contributed by atoms with Crippen molar-refractivity contribution in [3.05, 3.63) is 177 Å². The second kappa shape index (κ2) is 32.0. The molecule has 0 unspecified atom stereocenters. The van der Waals surface area contributed by atoms with Crippen molar-refractivity contribution >= 4 is 127 Å². The molecule has 0 atom stereocenters. The minimum Gasteiger partial charge on any atom is -0.349 e. The molecular formula is C73H81ClN20O2S3. The molecule has 8 N–H and O–H groups in total. The SMILES string of the molecule is Cc1ccc2c(c1)-c1nc(Nc3cc(CCCN(C)C)cnc3C)ncc1CC(=S)N2.Cc1ccc2c(c1)NC(=S)Cc1cnc(Nc3ccc(C(=O)NCCN(C)C)nc3C)nc1-2.Cc1nc(C(=O)NC2CCN(C)CC2)ccc1Nc1ncc2c(n1)-c1ccc(Cl)cc1NC(=S)C2. The molecular weight excluding hydrogens is 1320 g/mol. The van der Waals surface area contributed by atoms with E-state index in [0.29, 0.717) is 76.4 Å². The Labute approximate surface area is 598 Å². The maximum atomic E-state index is 12.7. The van der Waals surface area contributed by atoms with E-state index >= 15 is 0 Å². The first-order valence-corrected chi connectivity index (χ1v) is 34.4. The highest BCUT2D eigenvalue weighted by molar-refractivity contribution is 7.81. The molecule has 22 nitrogen and oxygen atoms in total. The lowest BCUT2D eigenvalue weighted by Gasteiger charge is -2.29. The van der Waals surface area contributed by atoms with Gasteiger partial charge in [-0.2, -0.15) is 0 Å². The average Bonchev–Trinajstić information content (AvgIpc) is 1.75. The van der Waals surface area contributed by atoms with E-state index in [0.717, 1.165) is 158 Å². The third-order valence-corrected chi connectivity index (χ3v) is 18.0. The van der Waals surface area contributed by atoms with Gasteiger partial charge in [0.25, 0.3) is 11.8 Å². The third-order valence-electron chi connectivity index (χ3n) is 17.1. The Hall–Kier alpha value is -9.47. The number of hydrogen-bond acceptors (Lipinski definition) is 20. The second-order valence-corrected chi connectivity index (χ2v) is 27.6. The Kier molecular flexibility index (Phi) is 22.9. The Morgan fingerprint density at radius 1 is 0.535 bits per heavy atom. The number of nitrogens with zero attached hydrogens (tertiary/aromatic N) is 12. The first-order chi connectivity index (χ1) is 47.5. The molecule has 2 amide bonds. The van der Waals surface area contributed by atoms with Gasteiger partial charge >= 0.3 is 0 Å². The topological polar surface area (TPSA) is 256 Å². The summed E-state index contributed by atoms with van der Waals surface area (Å²) in [7, 11) is 10.2. The molecule has 0 radical (unpaired) electrons. The molecule has 0 bridgehead atoms. The highest BCUT2D eigenvalue weighted by atomic mass is 35.5. The first-order valence-electron chi connectivity index (χ1n) is 32.8. The van der Waals surface area contributed by atoms with Crippen molar-refractivity contribution in [1.82, 2.24) is 70.2 Å². The lowest BCUT2D eigenvalue weighted by atomic mass is 10.0. The lowest BCUT2D eigenvalue weighted by Crippen LogP contribution is -2.43. The van der Waals surface area contributed by atoms with Crippen molar-refractivity contribution in [2.24, 2.45) is 0 Å². The standard InChI is InChI=1S/C25H26ClN7OS.C24H27N7OS.C24H28N6S/c1-14-19(5-6-20(28-14)24(34)29-17-7-9-33(2)10-8-17)31-25-27-13-15-11-22(35)30-21-12-16(26)3-4-18(21)23(15)32-25;1-14-5-6-17-20(11-14)28-21(33)12-16-13-26-24(30-22(16)17)29-18-7-8-19(27-15(18)2)23(32)25-9-10-31(3)4;1-15-7-8-20-19(10-15)23-18(12-22(31)27-20)14-26-24(29-23)28-21-11-17(13-25-16(21)2)6-5-9-30(3)4/h3-6,12-13,17H,7-11H2,1-2H3,(H,29,34)(H,30,35)(H,27,31,32);5-8,11,13H,9-10,12H2,1-4H3,(H,25,32)(H,28,33)(H,26,29,30);7-8,10-11,13-14H,5-6,9,12H2,1-4H3,(H,27,31)(H,26,28,29). The number of piperidine rings is 1. The summed E-state index contributed by atoms with van der Waals surface area (Å²) in [6.07, 6.45) is 13.2. The highest BCUT2D eigenvalue weighted by Crippen LogP contribution is 2.38. The molecule has 510 valence electrons. The Bertz CT molecular complexity index is 4560. The molecule has 0 spiro atoms. The van der Waals surface area contributed by atoms with E-state index in [-0.39, 0.29) is 17.9 Å². The monoisotopic (exact) mass is 1400 g/mol. The number of nitrogens with one attached hydrogen (secondary N) is 8. The summed E-state index contributed by atoms with van der Waals surface area (Å²) in [4.78, 5) is 75.3. The third kappa shape index (κ3) is 18.5. The van der Waals surface area contributed by atoms with Gasteiger partial charge in [-0.15, -0.1) is 0 Å². The Balaban J connectivity index is 0.000000150. The molecule has 9 aromatic rings. The van der Waals surface area contributed by atoms with Crippen molar-refractivity contribution < 1.29 is 9.59 Å². The van der Waals surface area contributed by atoms with E-state index in [9.17, 15) is 9.59 Å². The summed E-state index contributed by atoms with van der Waals surface area (Å²) in [5, 5.41) is 26.4. The molecule has 0 aliphatic carbocycles. The largest absolute Gasteiger partial charge is 0.349 e. The normalized spacial score (nSPS) is 13.8. The van der Waals surface area contributed by atoms with Crippen LogP contribution in [-0.2, 0) is 25.7 Å². The number of carbonyl (C=O) groups is 2. The van der Waals surface area contributed by atoms with Gasteiger partial charge in [-0.3, -0.25) is 14.6 Å². The van der Waals surface area contributed by atoms with Crippen LogP contribution in [0, 0.1) is 34.6 Å². The van der Waals surface area contributed by atoms with Crippen molar-refractivity contribution in [2.45, 2.75) is 85.6 Å². The van der Waals surface area contributed by atoms with E-state index in [1.807, 2.05) is 95.6 Å². The number of pyridine rings is 3. The van der Waals surface area contributed by atoms with E-state index in [1.54, 1.807) is 18.3 Å². The Morgan fingerprint density at radius 3 is 1.59 bits per heavy atom. The molecule has 13 rings (SSSR count). The van der Waals surface area contributed by atoms with Gasteiger partial charge in [-0.25, -0.2) is 39.9 Å². The van der Waals surface area contributed by atoms with Crippen LogP contribution in [0.4, 0.5) is 52.0 Å². The van der Waals surface area contributed by atoms with Gasteiger partial charge < -0.3 is 57.2 Å². The molecule has 1 fully saturated rings. The predicted molar refractivity (Wildman–Crippen MR) is 409 cm³/mol. The maximum absolute atomic E-state index is 12.7. The number of thiocarbonyl (C=S) groups is 3. The zero-order valence-corrected chi connectivity index (χ0v) is 60.4. The van der Waals surface area contributed by atoms with Gasteiger partial charge in [-0.05, 0) is 193 Å². The van der Waals surface area contributed by atoms with Crippen molar-refractivity contribution in [3.63, 3.8) is 0 Å². The summed E-state index contributed by atoms with van der Waals surface area (Å²) in [5.74, 6) is 1.12. The number of rotatable bonds is 16. The summed E-state index contributed by atoms with van der Waals surface area (Å²) in [6, 6.07) is 27.5. The molecule has 10 heterocycles. The zero-order chi connectivity index (χ0) is 70.0. The predicted octanol–water partition coefficient (Wildman–Crippen LogP) is 12.5. The Morgan fingerprint density at radius 2 is 1.03 bits per heavy atom. The number of likely N-dealkylation sites (N-methyl/N-ethyl adjacent to an activating group) is 1. The number of fused-ring (bicyclic) bond motifs is 9. The minimum absolute atomic E-state index is 0.144. The summed E-state index contributed by atoms with van der Waals surface area (Å²) in [6.45, 7) is 14.2. The number of benzene rings is 3. The second-order valence-electron chi connectivity index (χ2n) is 25.7. The van der Waals surface area contributed by atoms with Crippen LogP contribution in [-0.4, -0.2) is 160 Å². The van der Waals surface area contributed by atoms with Gasteiger partial charge in [0.1, 0.15) is 11.4 Å². The molecule has 3 aromatic carbocycles. The summed E-state index contributed by atoms with van der Waals surface area (Å²) < 4.78 is 0. The van der Waals surface area contributed by atoms with E-state index in [2.05, 4.69) is 153 Å². The molecule has 6 aromatic heterocycles. The smallest absolute Gasteiger partial charge is 0.270 e. The molecule has 99 heavy (non-hydrogen) atoms. The average molecular weight is 1400 g/mol. The van der Waals surface area contributed by atoms with Crippen LogP contribution in [0.1, 0.15) is 90.7 Å². The molecule has 4 aliphatic rings. The zero-order valence-electron chi connectivity index (χ0n) is 57.2. The minimum atomic E-state index is -0.192. The number of halogens is 1. The van der Waals surface area contributed by atoms with Gasteiger partial charge in [0, 0.05) is 119 Å². The van der Waals surface area contributed by atoms with E-state index in [1.165, 1.54) is 11.1 Å². The number of aromatic nitrogens is 9. The quantitative estimate of drug-likeness (QED) is 0.0418. The number of amides is 2. The van der Waals surface area contributed by atoms with Crippen LogP contribution in [0.25, 0.3) is 33.8 Å². The number of aryl methyl sites for hydroxylation is 6. The molecule has 26 heteroatoms.